The second kappa shape index (κ2) is 5.77. The van der Waals surface area contributed by atoms with Crippen molar-refractivity contribution >= 4 is 6.29 Å². The molecule has 0 unspecified atom stereocenters. The number of rotatable bonds is 4. The molecule has 0 atom stereocenters. The zero-order chi connectivity index (χ0) is 14.6. The van der Waals surface area contributed by atoms with Crippen LogP contribution < -0.4 is 4.74 Å². The lowest BCUT2D eigenvalue weighted by Crippen LogP contribution is -2.06. The van der Waals surface area contributed by atoms with Gasteiger partial charge in [0.15, 0.2) is 6.29 Å². The topological polar surface area (TPSA) is 26.3 Å². The lowest BCUT2D eigenvalue weighted by molar-refractivity contribution is -0.137. The fraction of sp³-hybridized carbons (Fsp3) is 0.133. The molecule has 0 bridgehead atoms. The molecule has 0 aromatic heterocycles. The van der Waals surface area contributed by atoms with Gasteiger partial charge in [-0.1, -0.05) is 30.3 Å². The third kappa shape index (κ3) is 3.38. The summed E-state index contributed by atoms with van der Waals surface area (Å²) in [6.07, 6.45) is -3.99. The molecular formula is C15H11F3O2. The van der Waals surface area contributed by atoms with Gasteiger partial charge in [0, 0.05) is 0 Å². The van der Waals surface area contributed by atoms with Gasteiger partial charge in [0.05, 0.1) is 11.1 Å². The van der Waals surface area contributed by atoms with E-state index in [9.17, 15) is 18.0 Å². The van der Waals surface area contributed by atoms with Crippen molar-refractivity contribution in [1.82, 2.24) is 0 Å². The molecule has 0 fully saturated rings. The molecule has 0 aliphatic carbocycles. The van der Waals surface area contributed by atoms with Crippen LogP contribution in [-0.4, -0.2) is 6.29 Å². The Hall–Kier alpha value is -2.30. The summed E-state index contributed by atoms with van der Waals surface area (Å²) in [4.78, 5) is 10.8. The SMILES string of the molecule is O=Cc1ccc(C(F)(F)F)cc1OCc1ccccc1. The maximum absolute atomic E-state index is 12.6. The van der Waals surface area contributed by atoms with Crippen molar-refractivity contribution in [3.05, 3.63) is 65.2 Å². The molecule has 104 valence electrons. The smallest absolute Gasteiger partial charge is 0.416 e. The summed E-state index contributed by atoms with van der Waals surface area (Å²) in [7, 11) is 0. The number of hydrogen-bond acceptors (Lipinski definition) is 2. The summed E-state index contributed by atoms with van der Waals surface area (Å²) in [6, 6.07) is 11.8. The molecule has 0 amide bonds. The maximum atomic E-state index is 12.6. The minimum atomic E-state index is -4.47. The molecule has 20 heavy (non-hydrogen) atoms. The number of ether oxygens (including phenoxy) is 1. The highest BCUT2D eigenvalue weighted by Gasteiger charge is 2.31. The molecular weight excluding hydrogens is 269 g/mol. The van der Waals surface area contributed by atoms with Gasteiger partial charge in [-0.15, -0.1) is 0 Å². The Balaban J connectivity index is 2.23. The summed E-state index contributed by atoms with van der Waals surface area (Å²) in [5.41, 5.74) is 0.0573. The summed E-state index contributed by atoms with van der Waals surface area (Å²) >= 11 is 0. The van der Waals surface area contributed by atoms with Crippen molar-refractivity contribution in [3.63, 3.8) is 0 Å². The van der Waals surface area contributed by atoms with Crippen molar-refractivity contribution < 1.29 is 22.7 Å². The number of benzene rings is 2. The van der Waals surface area contributed by atoms with Crippen LogP contribution in [0, 0.1) is 0 Å². The average molecular weight is 280 g/mol. The number of carbonyl (C=O) groups excluding carboxylic acids is 1. The Morgan fingerprint density at radius 2 is 1.75 bits per heavy atom. The van der Waals surface area contributed by atoms with Crippen LogP contribution >= 0.6 is 0 Å². The lowest BCUT2D eigenvalue weighted by Gasteiger charge is -2.12. The standard InChI is InChI=1S/C15H11F3O2/c16-15(17,18)13-7-6-12(9-19)14(8-13)20-10-11-4-2-1-3-5-11/h1-9H,10H2. The number of carbonyl (C=O) groups is 1. The summed E-state index contributed by atoms with van der Waals surface area (Å²) in [5, 5.41) is 0. The maximum Gasteiger partial charge on any atom is 0.416 e. The average Bonchev–Trinajstić information content (AvgIpc) is 2.45. The van der Waals surface area contributed by atoms with E-state index in [1.807, 2.05) is 6.07 Å². The molecule has 0 saturated carbocycles. The Labute approximate surface area is 113 Å². The largest absolute Gasteiger partial charge is 0.488 e. The molecule has 0 aliphatic rings. The number of aldehydes is 1. The van der Waals surface area contributed by atoms with E-state index in [-0.39, 0.29) is 17.9 Å². The van der Waals surface area contributed by atoms with Crippen molar-refractivity contribution in [3.8, 4) is 5.75 Å². The molecule has 0 heterocycles. The van der Waals surface area contributed by atoms with Crippen LogP contribution in [0.5, 0.6) is 5.75 Å². The Morgan fingerprint density at radius 1 is 1.05 bits per heavy atom. The zero-order valence-corrected chi connectivity index (χ0v) is 10.4. The van der Waals surface area contributed by atoms with Crippen LogP contribution in [0.4, 0.5) is 13.2 Å². The highest BCUT2D eigenvalue weighted by Crippen LogP contribution is 2.32. The predicted octanol–water partition coefficient (Wildman–Crippen LogP) is 4.10. The van der Waals surface area contributed by atoms with Gasteiger partial charge in [0.2, 0.25) is 0 Å². The van der Waals surface area contributed by atoms with Crippen LogP contribution in [0.2, 0.25) is 0 Å². The van der Waals surface area contributed by atoms with Crippen LogP contribution in [0.25, 0.3) is 0 Å². The van der Waals surface area contributed by atoms with Gasteiger partial charge in [-0.05, 0) is 23.8 Å². The van der Waals surface area contributed by atoms with E-state index < -0.39 is 11.7 Å². The quantitative estimate of drug-likeness (QED) is 0.788. The number of halogens is 3. The third-order valence-electron chi connectivity index (χ3n) is 2.71. The molecule has 0 spiro atoms. The second-order valence-electron chi connectivity index (χ2n) is 4.14. The van der Waals surface area contributed by atoms with Crippen LogP contribution in [-0.2, 0) is 12.8 Å². The van der Waals surface area contributed by atoms with Crippen LogP contribution in [0.3, 0.4) is 0 Å². The zero-order valence-electron chi connectivity index (χ0n) is 10.4. The molecule has 2 aromatic carbocycles. The molecule has 5 heteroatoms. The normalized spacial score (nSPS) is 11.2. The van der Waals surface area contributed by atoms with Gasteiger partial charge in [0.1, 0.15) is 12.4 Å². The molecule has 2 nitrogen and oxygen atoms in total. The summed E-state index contributed by atoms with van der Waals surface area (Å²) in [6.45, 7) is 0.100. The van der Waals surface area contributed by atoms with E-state index in [0.717, 1.165) is 23.8 Å². The molecule has 0 saturated heterocycles. The highest BCUT2D eigenvalue weighted by molar-refractivity contribution is 5.79. The minimum absolute atomic E-state index is 0.0707. The second-order valence-corrected chi connectivity index (χ2v) is 4.14. The van der Waals surface area contributed by atoms with E-state index >= 15 is 0 Å². The van der Waals surface area contributed by atoms with Gasteiger partial charge >= 0.3 is 6.18 Å². The highest BCUT2D eigenvalue weighted by atomic mass is 19.4. The predicted molar refractivity (Wildman–Crippen MR) is 67.6 cm³/mol. The first-order valence-corrected chi connectivity index (χ1v) is 5.84. The third-order valence-corrected chi connectivity index (χ3v) is 2.71. The molecule has 0 N–H and O–H groups in total. The molecule has 0 radical (unpaired) electrons. The Morgan fingerprint density at radius 3 is 2.35 bits per heavy atom. The molecule has 2 aromatic rings. The van der Waals surface area contributed by atoms with Crippen molar-refractivity contribution in [2.24, 2.45) is 0 Å². The monoisotopic (exact) mass is 280 g/mol. The van der Waals surface area contributed by atoms with Gasteiger partial charge in [-0.25, -0.2) is 0 Å². The van der Waals surface area contributed by atoms with Crippen molar-refractivity contribution in [2.45, 2.75) is 12.8 Å². The van der Waals surface area contributed by atoms with E-state index in [1.54, 1.807) is 24.3 Å². The van der Waals surface area contributed by atoms with E-state index in [0.29, 0.717) is 6.29 Å². The lowest BCUT2D eigenvalue weighted by atomic mass is 10.1. The summed E-state index contributed by atoms with van der Waals surface area (Å²) < 4.78 is 43.2. The van der Waals surface area contributed by atoms with E-state index in [4.69, 9.17) is 4.74 Å². The van der Waals surface area contributed by atoms with E-state index in [1.165, 1.54) is 0 Å². The van der Waals surface area contributed by atoms with Crippen molar-refractivity contribution in [1.29, 1.82) is 0 Å². The van der Waals surface area contributed by atoms with Crippen molar-refractivity contribution in [2.75, 3.05) is 0 Å². The number of alkyl halides is 3. The summed E-state index contributed by atoms with van der Waals surface area (Å²) in [5.74, 6) is -0.0707. The first-order valence-electron chi connectivity index (χ1n) is 5.84. The molecule has 2 rings (SSSR count). The minimum Gasteiger partial charge on any atom is -0.488 e. The first-order chi connectivity index (χ1) is 9.50. The van der Waals surface area contributed by atoms with Crippen LogP contribution in [0.1, 0.15) is 21.5 Å². The van der Waals surface area contributed by atoms with E-state index in [2.05, 4.69) is 0 Å². The van der Waals surface area contributed by atoms with Crippen LogP contribution in [0.15, 0.2) is 48.5 Å². The first kappa shape index (κ1) is 14.1. The Bertz CT molecular complexity index is 592. The fourth-order valence-electron chi connectivity index (χ4n) is 1.67. The molecule has 0 aliphatic heterocycles. The number of hydrogen-bond donors (Lipinski definition) is 0. The fourth-order valence-corrected chi connectivity index (χ4v) is 1.67. The van der Waals surface area contributed by atoms with Gasteiger partial charge in [0.25, 0.3) is 0 Å². The van der Waals surface area contributed by atoms with Gasteiger partial charge in [-0.2, -0.15) is 13.2 Å². The Kier molecular flexibility index (Phi) is 4.08. The van der Waals surface area contributed by atoms with Gasteiger partial charge in [-0.3, -0.25) is 4.79 Å². The van der Waals surface area contributed by atoms with Gasteiger partial charge < -0.3 is 4.74 Å².